The van der Waals surface area contributed by atoms with Crippen LogP contribution in [0.15, 0.2) is 11.3 Å². The van der Waals surface area contributed by atoms with Crippen molar-refractivity contribution in [3.8, 4) is 0 Å². The molecule has 8 heteroatoms. The van der Waals surface area contributed by atoms with E-state index in [1.165, 1.54) is 0 Å². The number of amidine groups is 1. The molecule has 0 spiro atoms. The van der Waals surface area contributed by atoms with Gasteiger partial charge in [-0.2, -0.15) is 5.10 Å². The van der Waals surface area contributed by atoms with Crippen molar-refractivity contribution in [1.29, 1.82) is 0 Å². The standard InChI is InChI=1S/C14H24N6O2/c1-14(2,3)22-13(21)20-8-7-16-12(9-20)15-6-5-11-17-10-19(4)18-11/h10H,5-9H2,1-4H3,(H,15,16). The molecule has 0 aromatic carbocycles. The Labute approximate surface area is 130 Å². The van der Waals surface area contributed by atoms with Crippen molar-refractivity contribution < 1.29 is 9.53 Å². The first-order valence-corrected chi connectivity index (χ1v) is 7.43. The molecule has 0 bridgehead atoms. The van der Waals surface area contributed by atoms with Crippen LogP contribution in [0.2, 0.25) is 0 Å². The number of hydrogen-bond acceptors (Lipinski definition) is 6. The molecule has 1 N–H and O–H groups in total. The van der Waals surface area contributed by atoms with Gasteiger partial charge in [-0.1, -0.05) is 0 Å². The number of ether oxygens (including phenoxy) is 1. The van der Waals surface area contributed by atoms with Gasteiger partial charge in [0.25, 0.3) is 0 Å². The molecule has 0 atom stereocenters. The lowest BCUT2D eigenvalue weighted by molar-refractivity contribution is 0.0276. The summed E-state index contributed by atoms with van der Waals surface area (Å²) in [6.07, 6.45) is 2.09. The van der Waals surface area contributed by atoms with Gasteiger partial charge in [0, 0.05) is 26.6 Å². The van der Waals surface area contributed by atoms with Gasteiger partial charge in [0.05, 0.1) is 13.1 Å². The zero-order valence-electron chi connectivity index (χ0n) is 13.7. The Morgan fingerprint density at radius 1 is 1.45 bits per heavy atom. The van der Waals surface area contributed by atoms with Crippen molar-refractivity contribution in [2.24, 2.45) is 12.0 Å². The highest BCUT2D eigenvalue weighted by molar-refractivity contribution is 5.87. The normalized spacial score (nSPS) is 15.5. The van der Waals surface area contributed by atoms with Crippen molar-refractivity contribution in [1.82, 2.24) is 25.0 Å². The largest absolute Gasteiger partial charge is 0.444 e. The van der Waals surface area contributed by atoms with Crippen LogP contribution in [0.3, 0.4) is 0 Å². The number of aliphatic imine (C=N–C) groups is 1. The number of rotatable bonds is 3. The molecule has 1 aliphatic heterocycles. The number of amides is 1. The van der Waals surface area contributed by atoms with Crippen LogP contribution in [0.5, 0.6) is 0 Å². The molecule has 122 valence electrons. The minimum absolute atomic E-state index is 0.298. The van der Waals surface area contributed by atoms with Crippen LogP contribution < -0.4 is 5.32 Å². The van der Waals surface area contributed by atoms with E-state index in [4.69, 9.17) is 4.74 Å². The zero-order chi connectivity index (χ0) is 16.2. The summed E-state index contributed by atoms with van der Waals surface area (Å²) in [5.41, 5.74) is -0.482. The van der Waals surface area contributed by atoms with Crippen molar-refractivity contribution in [2.45, 2.75) is 32.8 Å². The van der Waals surface area contributed by atoms with Gasteiger partial charge in [0.1, 0.15) is 17.8 Å². The Bertz CT molecular complexity index is 546. The maximum atomic E-state index is 12.1. The zero-order valence-corrected chi connectivity index (χ0v) is 13.7. The number of aryl methyl sites for hydroxylation is 1. The van der Waals surface area contributed by atoms with Crippen molar-refractivity contribution >= 4 is 11.9 Å². The molecule has 1 aliphatic rings. The van der Waals surface area contributed by atoms with E-state index < -0.39 is 5.60 Å². The number of aromatic nitrogens is 3. The Morgan fingerprint density at radius 2 is 2.23 bits per heavy atom. The predicted molar refractivity (Wildman–Crippen MR) is 82.8 cm³/mol. The molecule has 2 rings (SSSR count). The highest BCUT2D eigenvalue weighted by atomic mass is 16.6. The van der Waals surface area contributed by atoms with E-state index in [2.05, 4.69) is 20.4 Å². The summed E-state index contributed by atoms with van der Waals surface area (Å²) in [5, 5.41) is 7.46. The Balaban J connectivity index is 1.78. The van der Waals surface area contributed by atoms with Crippen LogP contribution in [0.25, 0.3) is 0 Å². The second-order valence-electron chi connectivity index (χ2n) is 6.24. The van der Waals surface area contributed by atoms with Gasteiger partial charge in [-0.25, -0.2) is 9.78 Å². The number of carbonyl (C=O) groups excluding carboxylic acids is 1. The molecule has 0 unspecified atom stereocenters. The SMILES string of the molecule is Cn1cnc(CCNC2=NCCN(C(=O)OC(C)(C)C)C2)n1. The summed E-state index contributed by atoms with van der Waals surface area (Å²) in [4.78, 5) is 22.3. The summed E-state index contributed by atoms with van der Waals surface area (Å²) >= 11 is 0. The van der Waals surface area contributed by atoms with Crippen LogP contribution in [0.4, 0.5) is 4.79 Å². The van der Waals surface area contributed by atoms with Crippen molar-refractivity contribution in [3.05, 3.63) is 12.2 Å². The van der Waals surface area contributed by atoms with Crippen molar-refractivity contribution in [3.63, 3.8) is 0 Å². The Hall–Kier alpha value is -2.12. The number of hydrogen-bond donors (Lipinski definition) is 1. The molecule has 1 amide bonds. The molecule has 1 aromatic rings. The summed E-state index contributed by atoms with van der Waals surface area (Å²) in [6.45, 7) is 7.90. The van der Waals surface area contributed by atoms with E-state index in [0.717, 1.165) is 11.7 Å². The van der Waals surface area contributed by atoms with E-state index in [1.54, 1.807) is 15.9 Å². The van der Waals surface area contributed by atoms with Crippen LogP contribution in [-0.2, 0) is 18.2 Å². The minimum Gasteiger partial charge on any atom is -0.444 e. The highest BCUT2D eigenvalue weighted by Crippen LogP contribution is 2.10. The Kier molecular flexibility index (Phi) is 4.99. The van der Waals surface area contributed by atoms with Crippen LogP contribution in [0, 0.1) is 0 Å². The molecule has 22 heavy (non-hydrogen) atoms. The van der Waals surface area contributed by atoms with E-state index in [0.29, 0.717) is 32.6 Å². The third kappa shape index (κ3) is 5.01. The summed E-state index contributed by atoms with van der Waals surface area (Å²) in [5.74, 6) is 1.59. The van der Waals surface area contributed by atoms with E-state index >= 15 is 0 Å². The van der Waals surface area contributed by atoms with Crippen LogP contribution >= 0.6 is 0 Å². The molecular weight excluding hydrogens is 284 g/mol. The second-order valence-corrected chi connectivity index (χ2v) is 6.24. The van der Waals surface area contributed by atoms with Crippen LogP contribution in [0.1, 0.15) is 26.6 Å². The van der Waals surface area contributed by atoms with Gasteiger partial charge in [0.15, 0.2) is 5.82 Å². The molecule has 0 saturated heterocycles. The lowest BCUT2D eigenvalue weighted by Crippen LogP contribution is -2.47. The topological polar surface area (TPSA) is 84.6 Å². The van der Waals surface area contributed by atoms with Gasteiger partial charge in [-0.05, 0) is 20.8 Å². The van der Waals surface area contributed by atoms with Gasteiger partial charge < -0.3 is 10.1 Å². The predicted octanol–water partition coefficient (Wildman–Crippen LogP) is 0.596. The average Bonchev–Trinajstić information content (AvgIpc) is 2.83. The quantitative estimate of drug-likeness (QED) is 0.884. The molecule has 0 fully saturated rings. The first-order chi connectivity index (χ1) is 10.3. The number of nitrogens with one attached hydrogen (secondary N) is 1. The molecule has 0 aliphatic carbocycles. The smallest absolute Gasteiger partial charge is 0.410 e. The molecule has 8 nitrogen and oxygen atoms in total. The van der Waals surface area contributed by atoms with Gasteiger partial charge in [-0.3, -0.25) is 14.6 Å². The summed E-state index contributed by atoms with van der Waals surface area (Å²) < 4.78 is 7.06. The van der Waals surface area contributed by atoms with Crippen LogP contribution in [-0.4, -0.2) is 63.4 Å². The third-order valence-corrected chi connectivity index (χ3v) is 2.99. The van der Waals surface area contributed by atoms with E-state index in [-0.39, 0.29) is 6.09 Å². The molecular formula is C14H24N6O2. The molecule has 0 saturated carbocycles. The van der Waals surface area contributed by atoms with Gasteiger partial charge in [-0.15, -0.1) is 0 Å². The third-order valence-electron chi connectivity index (χ3n) is 2.99. The maximum absolute atomic E-state index is 12.1. The summed E-state index contributed by atoms with van der Waals surface area (Å²) in [6, 6.07) is 0. The van der Waals surface area contributed by atoms with Gasteiger partial charge >= 0.3 is 6.09 Å². The monoisotopic (exact) mass is 308 g/mol. The first-order valence-electron chi connectivity index (χ1n) is 7.43. The highest BCUT2D eigenvalue weighted by Gasteiger charge is 2.24. The van der Waals surface area contributed by atoms with Gasteiger partial charge in [0.2, 0.25) is 0 Å². The Morgan fingerprint density at radius 3 is 2.86 bits per heavy atom. The lowest BCUT2D eigenvalue weighted by Gasteiger charge is -2.29. The van der Waals surface area contributed by atoms with E-state index in [1.807, 2.05) is 27.8 Å². The maximum Gasteiger partial charge on any atom is 0.410 e. The fourth-order valence-electron chi connectivity index (χ4n) is 2.03. The lowest BCUT2D eigenvalue weighted by atomic mass is 10.2. The fraction of sp³-hybridized carbons (Fsp3) is 0.714. The molecule has 1 aromatic heterocycles. The average molecular weight is 308 g/mol. The molecule has 2 heterocycles. The van der Waals surface area contributed by atoms with E-state index in [9.17, 15) is 4.79 Å². The minimum atomic E-state index is -0.482. The fourth-order valence-corrected chi connectivity index (χ4v) is 2.03. The number of nitrogens with zero attached hydrogens (tertiary/aromatic N) is 5. The first kappa shape index (κ1) is 16.3. The summed E-state index contributed by atoms with van der Waals surface area (Å²) in [7, 11) is 1.84. The number of carbonyl (C=O) groups is 1. The second kappa shape index (κ2) is 6.76. The van der Waals surface area contributed by atoms with Crippen molar-refractivity contribution in [2.75, 3.05) is 26.2 Å². The molecule has 0 radical (unpaired) electrons.